The number of fused-ring (bicyclic) bond motifs is 9. The zero-order chi connectivity index (χ0) is 43.0. The lowest BCUT2D eigenvalue weighted by molar-refractivity contribution is -0.186. The van der Waals surface area contributed by atoms with E-state index in [1.165, 1.54) is 30.8 Å². The maximum absolute atomic E-state index is 14.8. The average Bonchev–Trinajstić information content (AvgIpc) is 3.65. The molecular formula is C39H43N3O11S. The summed E-state index contributed by atoms with van der Waals surface area (Å²) >= 11 is 1.28. The molecule has 2 saturated heterocycles. The zero-order valence-electron chi connectivity index (χ0n) is 35.8. The molecule has 2 fully saturated rings. The van der Waals surface area contributed by atoms with Crippen LogP contribution >= 0.6 is 11.8 Å². The molecule has 10 rings (SSSR count). The number of methoxy groups -OCH3 is 2. The third-order valence-corrected chi connectivity index (χ3v) is 13.5. The summed E-state index contributed by atoms with van der Waals surface area (Å²) in [6.07, 6.45) is -0.572. The maximum Gasteiger partial charge on any atom is 0.331 e. The van der Waals surface area contributed by atoms with Crippen molar-refractivity contribution >= 4 is 23.7 Å². The monoisotopic (exact) mass is 767 g/mol. The number of piperazine rings is 1. The topological polar surface area (TPSA) is 169 Å². The molecule has 7 aliphatic rings. The molecule has 54 heavy (non-hydrogen) atoms. The van der Waals surface area contributed by atoms with Crippen LogP contribution in [0.1, 0.15) is 77.0 Å². The normalized spacial score (nSPS) is 31.5. The number of carbonyl (C=O) groups is 2. The van der Waals surface area contributed by atoms with Crippen molar-refractivity contribution in [1.82, 2.24) is 15.1 Å². The van der Waals surface area contributed by atoms with Crippen LogP contribution in [-0.4, -0.2) is 102 Å². The second-order valence-corrected chi connectivity index (χ2v) is 15.9. The number of thioether (sulfide) groups is 1. The van der Waals surface area contributed by atoms with Gasteiger partial charge in [-0.15, -0.1) is 11.8 Å². The van der Waals surface area contributed by atoms with Gasteiger partial charge in [0, 0.05) is 47.5 Å². The zero-order valence-corrected chi connectivity index (χ0v) is 30.7. The van der Waals surface area contributed by atoms with Gasteiger partial charge in [-0.1, -0.05) is 6.07 Å². The first-order chi connectivity index (χ1) is 28.2. The number of esters is 2. The van der Waals surface area contributed by atoms with Crippen LogP contribution < -0.4 is 29.0 Å². The van der Waals surface area contributed by atoms with Gasteiger partial charge < -0.3 is 43.7 Å². The van der Waals surface area contributed by atoms with Crippen LogP contribution in [0, 0.1) is 13.8 Å². The lowest BCUT2D eigenvalue weighted by atomic mass is 9.73. The highest BCUT2D eigenvalue weighted by Crippen LogP contribution is 2.64. The second-order valence-electron chi connectivity index (χ2n) is 14.7. The molecule has 15 heteroatoms. The molecule has 0 aromatic heterocycles. The van der Waals surface area contributed by atoms with E-state index >= 15 is 0 Å². The molecular weight excluding hydrogens is 719 g/mol. The second kappa shape index (κ2) is 12.6. The first-order valence-electron chi connectivity index (χ1n) is 20.7. The Morgan fingerprint density at radius 1 is 1.06 bits per heavy atom. The average molecular weight is 768 g/mol. The van der Waals surface area contributed by atoms with Crippen LogP contribution in [0.3, 0.4) is 0 Å². The lowest BCUT2D eigenvalue weighted by Crippen LogP contribution is -2.70. The van der Waals surface area contributed by atoms with Crippen molar-refractivity contribution < 1.29 is 61.6 Å². The van der Waals surface area contributed by atoms with Gasteiger partial charge in [0.15, 0.2) is 40.0 Å². The number of phenolic OH excluding ortho intramolecular Hbond substituents is 2. The van der Waals surface area contributed by atoms with Crippen molar-refractivity contribution in [3.63, 3.8) is 0 Å². The van der Waals surface area contributed by atoms with E-state index in [0.29, 0.717) is 62.4 Å². The van der Waals surface area contributed by atoms with Gasteiger partial charge >= 0.3 is 11.9 Å². The fourth-order valence-corrected chi connectivity index (χ4v) is 11.5. The molecule has 1 spiro atoms. The van der Waals surface area contributed by atoms with E-state index in [4.69, 9.17) is 36.6 Å². The number of ether oxygens (including phenoxy) is 6. The Morgan fingerprint density at radius 3 is 2.63 bits per heavy atom. The van der Waals surface area contributed by atoms with Crippen LogP contribution in [-0.2, 0) is 32.7 Å². The minimum atomic E-state index is -2.92. The predicted molar refractivity (Wildman–Crippen MR) is 195 cm³/mol. The van der Waals surface area contributed by atoms with Gasteiger partial charge in [0.05, 0.1) is 45.7 Å². The third-order valence-electron chi connectivity index (χ3n) is 12.1. The number of carbonyl (C=O) groups excluding carboxylic acids is 2. The van der Waals surface area contributed by atoms with Crippen molar-refractivity contribution in [3.8, 4) is 40.2 Å². The van der Waals surface area contributed by atoms with Crippen LogP contribution in [0.15, 0.2) is 18.2 Å². The molecule has 4 bridgehead atoms. The summed E-state index contributed by atoms with van der Waals surface area (Å²) in [5.41, 5.74) is 2.20. The molecule has 0 radical (unpaired) electrons. The van der Waals surface area contributed by atoms with E-state index in [2.05, 4.69) is 5.32 Å². The van der Waals surface area contributed by atoms with Crippen molar-refractivity contribution in [1.29, 1.82) is 0 Å². The fourth-order valence-electron chi connectivity index (χ4n) is 9.78. The Balaban J connectivity index is 1.30. The minimum absolute atomic E-state index is 0.0843. The molecule has 3 aromatic carbocycles. The first kappa shape index (κ1) is 29.0. The molecule has 0 aliphatic carbocycles. The van der Waals surface area contributed by atoms with E-state index in [1.54, 1.807) is 19.9 Å². The standard InChI is InChI=1S/C39H43N3O11S/c1-16-9-20-10-22-37(46)42-23-13-50-38(47)39(21-12-25(48-5)24(44)11-19(21)7-8-40-39)14-54-36(30(42)29(41(22)4)26(20)31(45)32(16)49-6)28-27(23)35-34(51-15-52-35)17(2)33(28)53-18(3)43/h9,11-12,22-23,29-30,36-37,40,44-46H,7-8,10,13-15H2,1-6H3/t22-,23-,29+,30+,36-,37-,39-/m0/s1/i5D3,6D3. The SMILES string of the molecule is [2H]C([2H])([2H])Oc1cc2c(cc1O)CCN[C@@]21CS[C@H]2c3c(OC(C)=O)c(C)c4c(c3[C@H](COC1=O)N1[C@@H]2[C@H]2c3c(cc(C)c(OC([2H])([2H])[2H])c3O)C[C@@H]([C@@H]1O)N2C)OCO4. The van der Waals surface area contributed by atoms with E-state index < -0.39 is 72.9 Å². The molecule has 0 amide bonds. The summed E-state index contributed by atoms with van der Waals surface area (Å²) in [5, 5.41) is 38.1. The van der Waals surface area contributed by atoms with Crippen LogP contribution in [0.2, 0.25) is 0 Å². The van der Waals surface area contributed by atoms with Gasteiger partial charge in [-0.25, -0.2) is 4.79 Å². The number of rotatable bonds is 3. The Kier molecular flexibility index (Phi) is 6.74. The number of aromatic hydroxyl groups is 2. The number of phenols is 2. The fraction of sp³-hybridized carbons (Fsp3) is 0.487. The quantitative estimate of drug-likeness (QED) is 0.226. The largest absolute Gasteiger partial charge is 0.504 e. The van der Waals surface area contributed by atoms with Gasteiger partial charge in [-0.2, -0.15) is 0 Å². The molecule has 4 N–H and O–H groups in total. The number of benzene rings is 3. The Morgan fingerprint density at radius 2 is 1.85 bits per heavy atom. The summed E-state index contributed by atoms with van der Waals surface area (Å²) < 4.78 is 81.9. The van der Waals surface area contributed by atoms with Gasteiger partial charge in [0.2, 0.25) is 6.79 Å². The molecule has 14 nitrogen and oxygen atoms in total. The summed E-state index contributed by atoms with van der Waals surface area (Å²) in [4.78, 5) is 31.6. The van der Waals surface area contributed by atoms with E-state index in [9.17, 15) is 24.9 Å². The Bertz CT molecular complexity index is 2350. The summed E-state index contributed by atoms with van der Waals surface area (Å²) in [6, 6.07) is 1.39. The Labute approximate surface area is 324 Å². The van der Waals surface area contributed by atoms with E-state index in [-0.39, 0.29) is 55.1 Å². The number of aryl methyl sites for hydroxylation is 1. The predicted octanol–water partition coefficient (Wildman–Crippen LogP) is 3.41. The van der Waals surface area contributed by atoms with Gasteiger partial charge in [0.1, 0.15) is 18.6 Å². The highest BCUT2D eigenvalue weighted by atomic mass is 32.2. The summed E-state index contributed by atoms with van der Waals surface area (Å²) in [6.45, 7) is 4.41. The van der Waals surface area contributed by atoms with Crippen LogP contribution in [0.4, 0.5) is 0 Å². The third kappa shape index (κ3) is 4.74. The molecule has 0 unspecified atom stereocenters. The number of hydrogen-bond acceptors (Lipinski definition) is 15. The number of aliphatic hydroxyl groups excluding tert-OH is 1. The molecule has 7 atom stereocenters. The smallest absolute Gasteiger partial charge is 0.331 e. The van der Waals surface area contributed by atoms with Crippen LogP contribution in [0.5, 0.6) is 40.2 Å². The van der Waals surface area contributed by atoms with Crippen molar-refractivity contribution in [2.24, 2.45) is 0 Å². The van der Waals surface area contributed by atoms with Crippen LogP contribution in [0.25, 0.3) is 0 Å². The highest BCUT2D eigenvalue weighted by Gasteiger charge is 2.61. The maximum atomic E-state index is 14.8. The summed E-state index contributed by atoms with van der Waals surface area (Å²) in [5.74, 6) is -1.88. The number of nitrogens with one attached hydrogen (secondary N) is 1. The highest BCUT2D eigenvalue weighted by molar-refractivity contribution is 7.99. The van der Waals surface area contributed by atoms with E-state index in [1.807, 2.05) is 16.8 Å². The van der Waals surface area contributed by atoms with Gasteiger partial charge in [-0.3, -0.25) is 19.9 Å². The van der Waals surface area contributed by atoms with Crippen molar-refractivity contribution in [3.05, 3.63) is 62.7 Å². The number of aliphatic hydroxyl groups is 1. The number of nitrogens with zero attached hydrogens (tertiary/aromatic N) is 2. The van der Waals surface area contributed by atoms with Gasteiger partial charge in [-0.05, 0) is 68.1 Å². The Hall–Kier alpha value is -4.41. The molecule has 7 heterocycles. The molecule has 7 aliphatic heterocycles. The van der Waals surface area contributed by atoms with Crippen molar-refractivity contribution in [2.75, 3.05) is 46.8 Å². The number of likely N-dealkylation sites (N-methyl/N-ethyl adjacent to an activating group) is 1. The molecule has 0 saturated carbocycles. The minimum Gasteiger partial charge on any atom is -0.504 e. The van der Waals surface area contributed by atoms with Gasteiger partial charge in [0.25, 0.3) is 0 Å². The lowest BCUT2D eigenvalue weighted by Gasteiger charge is -2.62. The summed E-state index contributed by atoms with van der Waals surface area (Å²) in [7, 11) is -3.99. The first-order valence-corrected chi connectivity index (χ1v) is 18.7. The number of hydrogen-bond donors (Lipinski definition) is 4. The van der Waals surface area contributed by atoms with E-state index in [0.717, 1.165) is 0 Å². The molecule has 286 valence electrons. The van der Waals surface area contributed by atoms with Crippen molar-refractivity contribution in [2.45, 2.75) is 74.8 Å². The molecule has 3 aromatic rings.